The Kier molecular flexibility index (Phi) is 21.3. The lowest BCUT2D eigenvalue weighted by atomic mass is 9.92. The SMILES string of the molecule is C=COCCCCCCCCCCC(CC)CCCCCCCOC=C. The minimum atomic E-state index is 0.838. The minimum Gasteiger partial charge on any atom is -0.502 e. The van der Waals surface area contributed by atoms with E-state index >= 15 is 0 Å². The Hall–Kier alpha value is -0.920. The van der Waals surface area contributed by atoms with Crippen molar-refractivity contribution in [3.8, 4) is 0 Å². The standard InChI is InChI=1S/C24H46O2/c1-4-24(21-17-13-11-15-19-23-26-6-3)20-16-12-9-7-8-10-14-18-22-25-5-2/h5-6,24H,2-4,7-23H2,1H3. The van der Waals surface area contributed by atoms with E-state index in [-0.39, 0.29) is 0 Å². The summed E-state index contributed by atoms with van der Waals surface area (Å²) in [6, 6.07) is 0. The van der Waals surface area contributed by atoms with Gasteiger partial charge in [-0.25, -0.2) is 0 Å². The van der Waals surface area contributed by atoms with Crippen molar-refractivity contribution < 1.29 is 9.47 Å². The average molecular weight is 367 g/mol. The molecule has 0 saturated heterocycles. The Morgan fingerprint density at radius 3 is 1.27 bits per heavy atom. The fourth-order valence-electron chi connectivity index (χ4n) is 3.55. The molecule has 0 aliphatic carbocycles. The van der Waals surface area contributed by atoms with Crippen LogP contribution >= 0.6 is 0 Å². The van der Waals surface area contributed by atoms with Crippen LogP contribution in [0.2, 0.25) is 0 Å². The Balaban J connectivity index is 3.29. The van der Waals surface area contributed by atoms with E-state index in [1.165, 1.54) is 103 Å². The quantitative estimate of drug-likeness (QED) is 0.142. The molecule has 0 N–H and O–H groups in total. The predicted molar refractivity (Wildman–Crippen MR) is 115 cm³/mol. The number of ether oxygens (including phenoxy) is 2. The highest BCUT2D eigenvalue weighted by Crippen LogP contribution is 2.21. The molecular formula is C24H46O2. The Labute approximate surface area is 164 Å². The van der Waals surface area contributed by atoms with E-state index in [4.69, 9.17) is 9.47 Å². The molecule has 0 aromatic heterocycles. The fourth-order valence-corrected chi connectivity index (χ4v) is 3.55. The zero-order valence-electron chi connectivity index (χ0n) is 17.7. The van der Waals surface area contributed by atoms with Crippen LogP contribution in [-0.2, 0) is 9.47 Å². The van der Waals surface area contributed by atoms with Crippen molar-refractivity contribution in [3.05, 3.63) is 25.7 Å². The van der Waals surface area contributed by atoms with Crippen LogP contribution in [-0.4, -0.2) is 13.2 Å². The number of hydrogen-bond donors (Lipinski definition) is 0. The van der Waals surface area contributed by atoms with Gasteiger partial charge in [-0.1, -0.05) is 110 Å². The van der Waals surface area contributed by atoms with Crippen molar-refractivity contribution in [1.29, 1.82) is 0 Å². The first-order valence-corrected chi connectivity index (χ1v) is 11.3. The van der Waals surface area contributed by atoms with Gasteiger partial charge in [-0.15, -0.1) is 0 Å². The molecule has 2 nitrogen and oxygen atoms in total. The van der Waals surface area contributed by atoms with Gasteiger partial charge >= 0.3 is 0 Å². The molecule has 1 atom stereocenters. The Morgan fingerprint density at radius 2 is 0.923 bits per heavy atom. The molecule has 0 amide bonds. The zero-order chi connectivity index (χ0) is 19.1. The predicted octanol–water partition coefficient (Wildman–Crippen LogP) is 8.18. The lowest BCUT2D eigenvalue weighted by Gasteiger charge is -2.14. The Morgan fingerprint density at radius 1 is 0.577 bits per heavy atom. The van der Waals surface area contributed by atoms with E-state index in [9.17, 15) is 0 Å². The topological polar surface area (TPSA) is 18.5 Å². The number of hydrogen-bond acceptors (Lipinski definition) is 2. The zero-order valence-corrected chi connectivity index (χ0v) is 17.7. The molecule has 154 valence electrons. The largest absolute Gasteiger partial charge is 0.502 e. The molecular weight excluding hydrogens is 320 g/mol. The van der Waals surface area contributed by atoms with Crippen molar-refractivity contribution in [1.82, 2.24) is 0 Å². The van der Waals surface area contributed by atoms with Crippen molar-refractivity contribution in [2.24, 2.45) is 5.92 Å². The maximum Gasteiger partial charge on any atom is 0.0873 e. The van der Waals surface area contributed by atoms with E-state index in [0.29, 0.717) is 0 Å². The van der Waals surface area contributed by atoms with E-state index < -0.39 is 0 Å². The minimum absolute atomic E-state index is 0.838. The maximum absolute atomic E-state index is 5.16. The summed E-state index contributed by atoms with van der Waals surface area (Å²) >= 11 is 0. The van der Waals surface area contributed by atoms with Gasteiger partial charge in [0, 0.05) is 0 Å². The molecule has 2 heteroatoms. The molecule has 26 heavy (non-hydrogen) atoms. The molecule has 0 fully saturated rings. The van der Waals surface area contributed by atoms with Crippen molar-refractivity contribution in [2.45, 2.75) is 110 Å². The van der Waals surface area contributed by atoms with Crippen LogP contribution in [0, 0.1) is 5.92 Å². The van der Waals surface area contributed by atoms with Gasteiger partial charge in [-0.2, -0.15) is 0 Å². The summed E-state index contributed by atoms with van der Waals surface area (Å²) in [5.74, 6) is 0.962. The van der Waals surface area contributed by atoms with Crippen LogP contribution < -0.4 is 0 Å². The van der Waals surface area contributed by atoms with Gasteiger partial charge < -0.3 is 9.47 Å². The first-order valence-electron chi connectivity index (χ1n) is 11.3. The van der Waals surface area contributed by atoms with Gasteiger partial charge in [0.25, 0.3) is 0 Å². The molecule has 0 aliphatic heterocycles. The molecule has 0 spiro atoms. The second kappa shape index (κ2) is 22.1. The number of unbranched alkanes of at least 4 members (excludes halogenated alkanes) is 11. The summed E-state index contributed by atoms with van der Waals surface area (Å²) in [7, 11) is 0. The van der Waals surface area contributed by atoms with E-state index in [2.05, 4.69) is 20.1 Å². The molecule has 0 aromatic carbocycles. The molecule has 0 aromatic rings. The highest BCUT2D eigenvalue weighted by atomic mass is 16.5. The molecule has 0 saturated carbocycles. The average Bonchev–Trinajstić information content (AvgIpc) is 2.66. The molecule has 0 radical (unpaired) electrons. The summed E-state index contributed by atoms with van der Waals surface area (Å²) in [4.78, 5) is 0. The van der Waals surface area contributed by atoms with Gasteiger partial charge in [0.2, 0.25) is 0 Å². The van der Waals surface area contributed by atoms with Crippen molar-refractivity contribution in [2.75, 3.05) is 13.2 Å². The summed E-state index contributed by atoms with van der Waals surface area (Å²) in [5.41, 5.74) is 0. The fraction of sp³-hybridized carbons (Fsp3) is 0.833. The monoisotopic (exact) mass is 366 g/mol. The summed E-state index contributed by atoms with van der Waals surface area (Å²) in [5, 5.41) is 0. The van der Waals surface area contributed by atoms with Crippen LogP contribution in [0.3, 0.4) is 0 Å². The van der Waals surface area contributed by atoms with Crippen LogP contribution in [0.1, 0.15) is 110 Å². The lowest BCUT2D eigenvalue weighted by molar-refractivity contribution is 0.241. The van der Waals surface area contributed by atoms with E-state index in [0.717, 1.165) is 19.1 Å². The molecule has 0 aliphatic rings. The van der Waals surface area contributed by atoms with E-state index in [1.54, 1.807) is 12.5 Å². The maximum atomic E-state index is 5.16. The Bertz CT molecular complexity index is 288. The van der Waals surface area contributed by atoms with Crippen LogP contribution in [0.15, 0.2) is 25.7 Å². The third kappa shape index (κ3) is 19.4. The molecule has 1 unspecified atom stereocenters. The molecule has 0 bridgehead atoms. The first-order chi connectivity index (χ1) is 12.8. The van der Waals surface area contributed by atoms with Crippen molar-refractivity contribution in [3.63, 3.8) is 0 Å². The molecule has 0 rings (SSSR count). The normalized spacial score (nSPS) is 11.9. The first kappa shape index (κ1) is 25.1. The highest BCUT2D eigenvalue weighted by Gasteiger charge is 2.05. The summed E-state index contributed by atoms with van der Waals surface area (Å²) in [6.45, 7) is 11.2. The smallest absolute Gasteiger partial charge is 0.0873 e. The van der Waals surface area contributed by atoms with Gasteiger partial charge in [-0.3, -0.25) is 0 Å². The van der Waals surface area contributed by atoms with Crippen LogP contribution in [0.5, 0.6) is 0 Å². The van der Waals surface area contributed by atoms with Gasteiger partial charge in [0.1, 0.15) is 0 Å². The molecule has 0 heterocycles. The van der Waals surface area contributed by atoms with Crippen LogP contribution in [0.4, 0.5) is 0 Å². The summed E-state index contributed by atoms with van der Waals surface area (Å²) < 4.78 is 10.3. The third-order valence-electron chi connectivity index (χ3n) is 5.31. The van der Waals surface area contributed by atoms with Crippen LogP contribution in [0.25, 0.3) is 0 Å². The van der Waals surface area contributed by atoms with Gasteiger partial charge in [0.05, 0.1) is 25.7 Å². The second-order valence-electron chi connectivity index (χ2n) is 7.52. The third-order valence-corrected chi connectivity index (χ3v) is 5.31. The van der Waals surface area contributed by atoms with Crippen molar-refractivity contribution >= 4 is 0 Å². The van der Waals surface area contributed by atoms with Gasteiger partial charge in [0.15, 0.2) is 0 Å². The van der Waals surface area contributed by atoms with E-state index in [1.807, 2.05) is 0 Å². The van der Waals surface area contributed by atoms with Gasteiger partial charge in [-0.05, 0) is 18.8 Å². The highest BCUT2D eigenvalue weighted by molar-refractivity contribution is 4.59. The second-order valence-corrected chi connectivity index (χ2v) is 7.52. The number of rotatable bonds is 22. The summed E-state index contributed by atoms with van der Waals surface area (Å²) in [6.07, 6.45) is 24.9. The lowest BCUT2D eigenvalue weighted by Crippen LogP contribution is -1.99.